The summed E-state index contributed by atoms with van der Waals surface area (Å²) in [7, 11) is 0. The zero-order chi connectivity index (χ0) is 15.1. The van der Waals surface area contributed by atoms with Crippen LogP contribution in [0, 0.1) is 0 Å². The van der Waals surface area contributed by atoms with Crippen LogP contribution in [0.25, 0.3) is 0 Å². The summed E-state index contributed by atoms with van der Waals surface area (Å²) in [5.41, 5.74) is 6.35. The van der Waals surface area contributed by atoms with Crippen molar-refractivity contribution in [2.45, 2.75) is 43.9 Å². The van der Waals surface area contributed by atoms with Gasteiger partial charge in [0.05, 0.1) is 13.0 Å². The predicted molar refractivity (Wildman–Crippen MR) is 88.7 cm³/mol. The van der Waals surface area contributed by atoms with Crippen molar-refractivity contribution in [3.63, 3.8) is 0 Å². The van der Waals surface area contributed by atoms with Crippen LogP contribution in [0.4, 0.5) is 5.69 Å². The van der Waals surface area contributed by atoms with E-state index in [1.54, 1.807) is 6.07 Å². The third kappa shape index (κ3) is 5.16. The Hall–Kier alpha value is -1.36. The standard InChI is InChI=1S/C16H24N2O2S/c1-2-21-15-8-4-7-14(15)18-16(19)9-10-20-13-6-3-5-12(17)11-13/h3,5-6,11,14-15H,2,4,7-10,17H2,1H3,(H,18,19). The van der Waals surface area contributed by atoms with E-state index in [9.17, 15) is 4.79 Å². The number of nitrogens with two attached hydrogens (primary N) is 1. The molecule has 5 heteroatoms. The number of thioether (sulfide) groups is 1. The average Bonchev–Trinajstić information content (AvgIpc) is 2.86. The molecule has 4 nitrogen and oxygen atoms in total. The van der Waals surface area contributed by atoms with Gasteiger partial charge in [-0.2, -0.15) is 11.8 Å². The number of ether oxygens (including phenoxy) is 1. The zero-order valence-electron chi connectivity index (χ0n) is 12.5. The summed E-state index contributed by atoms with van der Waals surface area (Å²) in [6, 6.07) is 7.60. The molecular weight excluding hydrogens is 284 g/mol. The van der Waals surface area contributed by atoms with Gasteiger partial charge in [0.25, 0.3) is 0 Å². The van der Waals surface area contributed by atoms with Crippen molar-refractivity contribution in [3.05, 3.63) is 24.3 Å². The average molecular weight is 308 g/mol. The molecule has 3 N–H and O–H groups in total. The van der Waals surface area contributed by atoms with Crippen molar-refractivity contribution < 1.29 is 9.53 Å². The molecule has 1 aromatic carbocycles. The van der Waals surface area contributed by atoms with Crippen LogP contribution in [0.3, 0.4) is 0 Å². The van der Waals surface area contributed by atoms with E-state index >= 15 is 0 Å². The van der Waals surface area contributed by atoms with Gasteiger partial charge in [-0.15, -0.1) is 0 Å². The summed E-state index contributed by atoms with van der Waals surface area (Å²) in [5, 5.41) is 3.72. The van der Waals surface area contributed by atoms with Gasteiger partial charge in [-0.05, 0) is 30.7 Å². The van der Waals surface area contributed by atoms with Crippen LogP contribution in [0.1, 0.15) is 32.6 Å². The summed E-state index contributed by atoms with van der Waals surface area (Å²) in [6.07, 6.45) is 3.90. The quantitative estimate of drug-likeness (QED) is 0.760. The lowest BCUT2D eigenvalue weighted by atomic mass is 10.2. The largest absolute Gasteiger partial charge is 0.493 e. The number of anilines is 1. The smallest absolute Gasteiger partial charge is 0.223 e. The minimum absolute atomic E-state index is 0.0764. The first kappa shape index (κ1) is 16.0. The van der Waals surface area contributed by atoms with E-state index in [-0.39, 0.29) is 5.91 Å². The van der Waals surface area contributed by atoms with Crippen LogP contribution >= 0.6 is 11.8 Å². The number of carbonyl (C=O) groups is 1. The maximum atomic E-state index is 12.0. The van der Waals surface area contributed by atoms with Crippen LogP contribution in [-0.4, -0.2) is 29.6 Å². The van der Waals surface area contributed by atoms with Crippen molar-refractivity contribution in [3.8, 4) is 5.75 Å². The van der Waals surface area contributed by atoms with Crippen molar-refractivity contribution in [1.82, 2.24) is 5.32 Å². The Morgan fingerprint density at radius 1 is 1.48 bits per heavy atom. The lowest BCUT2D eigenvalue weighted by Crippen LogP contribution is -2.39. The fraction of sp³-hybridized carbons (Fsp3) is 0.562. The molecule has 0 bridgehead atoms. The first-order valence-electron chi connectivity index (χ1n) is 7.58. The van der Waals surface area contributed by atoms with Gasteiger partial charge in [-0.3, -0.25) is 4.79 Å². The fourth-order valence-electron chi connectivity index (χ4n) is 2.65. The molecule has 1 saturated carbocycles. The molecule has 1 aliphatic carbocycles. The molecule has 0 aliphatic heterocycles. The van der Waals surface area contributed by atoms with E-state index in [4.69, 9.17) is 10.5 Å². The van der Waals surface area contributed by atoms with Crippen LogP contribution in [0.15, 0.2) is 24.3 Å². The number of rotatable bonds is 7. The summed E-state index contributed by atoms with van der Waals surface area (Å²) >= 11 is 1.95. The van der Waals surface area contributed by atoms with Crippen molar-refractivity contribution >= 4 is 23.4 Å². The van der Waals surface area contributed by atoms with E-state index in [0.717, 1.165) is 12.2 Å². The van der Waals surface area contributed by atoms with Crippen molar-refractivity contribution in [1.29, 1.82) is 0 Å². The molecule has 21 heavy (non-hydrogen) atoms. The van der Waals surface area contributed by atoms with E-state index in [2.05, 4.69) is 12.2 Å². The highest BCUT2D eigenvalue weighted by Crippen LogP contribution is 2.29. The van der Waals surface area contributed by atoms with Crippen LogP contribution in [0.2, 0.25) is 0 Å². The molecule has 1 amide bonds. The van der Waals surface area contributed by atoms with E-state index < -0.39 is 0 Å². The molecule has 116 valence electrons. The Kier molecular flexibility index (Phi) is 6.23. The first-order valence-corrected chi connectivity index (χ1v) is 8.63. The molecule has 1 aromatic rings. The maximum absolute atomic E-state index is 12.0. The highest BCUT2D eigenvalue weighted by Gasteiger charge is 2.28. The Balaban J connectivity index is 1.70. The van der Waals surface area contributed by atoms with Gasteiger partial charge in [0.15, 0.2) is 0 Å². The number of hydrogen-bond acceptors (Lipinski definition) is 4. The molecule has 1 aliphatic rings. The second kappa shape index (κ2) is 8.17. The number of amides is 1. The van der Waals surface area contributed by atoms with Crippen LogP contribution < -0.4 is 15.8 Å². The summed E-state index contributed by atoms with van der Waals surface area (Å²) < 4.78 is 5.55. The molecule has 0 heterocycles. The van der Waals surface area contributed by atoms with E-state index in [1.807, 2.05) is 30.0 Å². The molecule has 2 rings (SSSR count). The van der Waals surface area contributed by atoms with Gasteiger partial charge in [0, 0.05) is 23.0 Å². The Morgan fingerprint density at radius 2 is 2.33 bits per heavy atom. The molecule has 0 saturated heterocycles. The lowest BCUT2D eigenvalue weighted by Gasteiger charge is -2.20. The molecule has 2 unspecified atom stereocenters. The molecular formula is C16H24N2O2S. The number of benzene rings is 1. The second-order valence-electron chi connectivity index (χ2n) is 5.27. The Bertz CT molecular complexity index is 467. The molecule has 0 radical (unpaired) electrons. The highest BCUT2D eigenvalue weighted by molar-refractivity contribution is 7.99. The Labute approximate surface area is 130 Å². The number of nitrogens with one attached hydrogen (secondary N) is 1. The first-order chi connectivity index (χ1) is 10.2. The minimum Gasteiger partial charge on any atom is -0.493 e. The lowest BCUT2D eigenvalue weighted by molar-refractivity contribution is -0.122. The number of nitrogen functional groups attached to an aromatic ring is 1. The summed E-state index contributed by atoms with van der Waals surface area (Å²) in [6.45, 7) is 2.55. The second-order valence-corrected chi connectivity index (χ2v) is 6.79. The van der Waals surface area contributed by atoms with Gasteiger partial charge in [-0.1, -0.05) is 19.4 Å². The monoisotopic (exact) mass is 308 g/mol. The van der Waals surface area contributed by atoms with Crippen LogP contribution in [0.5, 0.6) is 5.75 Å². The third-order valence-corrected chi connectivity index (χ3v) is 4.96. The van der Waals surface area contributed by atoms with Crippen molar-refractivity contribution in [2.75, 3.05) is 18.1 Å². The van der Waals surface area contributed by atoms with Gasteiger partial charge < -0.3 is 15.8 Å². The highest BCUT2D eigenvalue weighted by atomic mass is 32.2. The van der Waals surface area contributed by atoms with E-state index in [1.165, 1.54) is 12.8 Å². The van der Waals surface area contributed by atoms with Crippen molar-refractivity contribution in [2.24, 2.45) is 0 Å². The zero-order valence-corrected chi connectivity index (χ0v) is 13.3. The minimum atomic E-state index is 0.0764. The molecule has 2 atom stereocenters. The van der Waals surface area contributed by atoms with Gasteiger partial charge in [0.1, 0.15) is 5.75 Å². The van der Waals surface area contributed by atoms with Gasteiger partial charge in [0.2, 0.25) is 5.91 Å². The third-order valence-electron chi connectivity index (χ3n) is 3.64. The fourth-order valence-corrected chi connectivity index (χ4v) is 3.85. The predicted octanol–water partition coefficient (Wildman–Crippen LogP) is 2.83. The maximum Gasteiger partial charge on any atom is 0.223 e. The molecule has 1 fully saturated rings. The normalized spacial score (nSPS) is 21.2. The van der Waals surface area contributed by atoms with Gasteiger partial charge in [-0.25, -0.2) is 0 Å². The van der Waals surface area contributed by atoms with Gasteiger partial charge >= 0.3 is 0 Å². The van der Waals surface area contributed by atoms with Crippen LogP contribution in [-0.2, 0) is 4.79 Å². The topological polar surface area (TPSA) is 64.3 Å². The number of hydrogen-bond donors (Lipinski definition) is 2. The Morgan fingerprint density at radius 3 is 3.10 bits per heavy atom. The molecule has 0 spiro atoms. The SMILES string of the molecule is CCSC1CCCC1NC(=O)CCOc1cccc(N)c1. The number of carbonyl (C=O) groups excluding carboxylic acids is 1. The van der Waals surface area contributed by atoms with E-state index in [0.29, 0.717) is 35.8 Å². The molecule has 0 aromatic heterocycles. The summed E-state index contributed by atoms with van der Waals surface area (Å²) in [4.78, 5) is 12.0. The summed E-state index contributed by atoms with van der Waals surface area (Å²) in [5.74, 6) is 1.89.